The SMILES string of the molecule is CC(=O)Nc1ccc(N2C(=O)C(=O)/C(=C(/O)c3ccc(Cl)cc3)C2c2ccc([N+](=O)[O-])cc2)cc1. The van der Waals surface area contributed by atoms with Gasteiger partial charge in [-0.25, -0.2) is 0 Å². The summed E-state index contributed by atoms with van der Waals surface area (Å²) in [6.07, 6.45) is 0. The highest BCUT2D eigenvalue weighted by Gasteiger charge is 2.47. The molecule has 1 aliphatic rings. The van der Waals surface area contributed by atoms with Crippen molar-refractivity contribution in [2.45, 2.75) is 13.0 Å². The van der Waals surface area contributed by atoms with Gasteiger partial charge in [-0.1, -0.05) is 11.6 Å². The van der Waals surface area contributed by atoms with Gasteiger partial charge in [0.05, 0.1) is 16.5 Å². The van der Waals surface area contributed by atoms with Crippen LogP contribution in [0.25, 0.3) is 5.76 Å². The number of carbonyl (C=O) groups excluding carboxylic acids is 3. The van der Waals surface area contributed by atoms with E-state index in [1.54, 1.807) is 24.3 Å². The van der Waals surface area contributed by atoms with Crippen molar-refractivity contribution in [2.24, 2.45) is 0 Å². The molecule has 0 bridgehead atoms. The summed E-state index contributed by atoms with van der Waals surface area (Å²) in [6, 6.07) is 16.7. The first-order valence-corrected chi connectivity index (χ1v) is 10.7. The minimum absolute atomic E-state index is 0.164. The first-order valence-electron chi connectivity index (χ1n) is 10.4. The molecular weight excluding hydrogens is 474 g/mol. The van der Waals surface area contributed by atoms with Crippen LogP contribution in [0.3, 0.4) is 0 Å². The maximum Gasteiger partial charge on any atom is 0.300 e. The fourth-order valence-corrected chi connectivity index (χ4v) is 3.99. The molecule has 0 spiro atoms. The molecule has 10 heteroatoms. The molecule has 2 amide bonds. The molecule has 35 heavy (non-hydrogen) atoms. The van der Waals surface area contributed by atoms with E-state index in [4.69, 9.17) is 11.6 Å². The number of hydrogen-bond donors (Lipinski definition) is 2. The Bertz CT molecular complexity index is 1370. The number of nitrogens with one attached hydrogen (secondary N) is 1. The normalized spacial score (nSPS) is 16.9. The molecule has 176 valence electrons. The third-order valence-electron chi connectivity index (χ3n) is 5.45. The van der Waals surface area contributed by atoms with Crippen LogP contribution in [0, 0.1) is 10.1 Å². The molecule has 0 radical (unpaired) electrons. The summed E-state index contributed by atoms with van der Waals surface area (Å²) < 4.78 is 0. The Labute approximate surface area is 204 Å². The first kappa shape index (κ1) is 23.7. The van der Waals surface area contributed by atoms with E-state index < -0.39 is 28.4 Å². The molecule has 1 fully saturated rings. The second-order valence-corrected chi connectivity index (χ2v) is 8.19. The number of halogens is 1. The Morgan fingerprint density at radius 2 is 1.60 bits per heavy atom. The molecule has 9 nitrogen and oxygen atoms in total. The Morgan fingerprint density at radius 1 is 1.00 bits per heavy atom. The standard InChI is InChI=1S/C25H18ClN3O6/c1-14(30)27-18-8-12-19(13-9-18)28-22(15-4-10-20(11-5-15)29(34)35)21(24(32)25(28)33)23(31)16-2-6-17(26)7-3-16/h2-13,22,31H,1H3,(H,27,30)/b23-21+. The number of nitrogens with zero attached hydrogens (tertiary/aromatic N) is 2. The molecule has 0 saturated carbocycles. The number of anilines is 2. The van der Waals surface area contributed by atoms with Crippen LogP contribution < -0.4 is 10.2 Å². The molecule has 4 rings (SSSR count). The molecule has 0 aromatic heterocycles. The molecule has 0 aliphatic carbocycles. The number of nitro groups is 1. The summed E-state index contributed by atoms with van der Waals surface area (Å²) in [5, 5.41) is 25.2. The van der Waals surface area contributed by atoms with Crippen molar-refractivity contribution in [3.8, 4) is 0 Å². The number of rotatable bonds is 5. The third kappa shape index (κ3) is 4.62. The Kier molecular flexibility index (Phi) is 6.35. The van der Waals surface area contributed by atoms with Crippen molar-refractivity contribution in [2.75, 3.05) is 10.2 Å². The van der Waals surface area contributed by atoms with Crippen LogP contribution in [0.1, 0.15) is 24.1 Å². The zero-order valence-electron chi connectivity index (χ0n) is 18.3. The van der Waals surface area contributed by atoms with Gasteiger partial charge in [-0.2, -0.15) is 0 Å². The number of benzene rings is 3. The lowest BCUT2D eigenvalue weighted by atomic mass is 9.95. The molecule has 1 heterocycles. The lowest BCUT2D eigenvalue weighted by Gasteiger charge is -2.25. The van der Waals surface area contributed by atoms with E-state index >= 15 is 0 Å². The van der Waals surface area contributed by atoms with Crippen LogP contribution in [-0.4, -0.2) is 27.6 Å². The molecule has 3 aromatic rings. The maximum atomic E-state index is 13.2. The van der Waals surface area contributed by atoms with E-state index in [0.717, 1.165) is 0 Å². The van der Waals surface area contributed by atoms with Crippen LogP contribution in [0.4, 0.5) is 17.1 Å². The van der Waals surface area contributed by atoms with Gasteiger partial charge in [0, 0.05) is 41.0 Å². The minimum atomic E-state index is -1.06. The summed E-state index contributed by atoms with van der Waals surface area (Å²) in [5.74, 6) is -2.46. The summed E-state index contributed by atoms with van der Waals surface area (Å²) in [4.78, 5) is 49.4. The average molecular weight is 492 g/mol. The zero-order chi connectivity index (χ0) is 25.3. The van der Waals surface area contributed by atoms with Gasteiger partial charge in [0.2, 0.25) is 5.91 Å². The highest BCUT2D eigenvalue weighted by Crippen LogP contribution is 2.42. The van der Waals surface area contributed by atoms with Crippen LogP contribution in [0.15, 0.2) is 78.4 Å². The smallest absolute Gasteiger partial charge is 0.300 e. The van der Waals surface area contributed by atoms with E-state index in [0.29, 0.717) is 22.0 Å². The van der Waals surface area contributed by atoms with Gasteiger partial charge in [-0.15, -0.1) is 0 Å². The van der Waals surface area contributed by atoms with Crippen molar-refractivity contribution >= 4 is 52.0 Å². The third-order valence-corrected chi connectivity index (χ3v) is 5.70. The van der Waals surface area contributed by atoms with Gasteiger partial charge < -0.3 is 10.4 Å². The minimum Gasteiger partial charge on any atom is -0.507 e. The monoisotopic (exact) mass is 491 g/mol. The van der Waals surface area contributed by atoms with Gasteiger partial charge >= 0.3 is 0 Å². The van der Waals surface area contributed by atoms with Crippen molar-refractivity contribution in [3.05, 3.63) is 105 Å². The van der Waals surface area contributed by atoms with E-state index in [-0.39, 0.29) is 22.7 Å². The highest BCUT2D eigenvalue weighted by atomic mass is 35.5. The van der Waals surface area contributed by atoms with Crippen LogP contribution in [0.2, 0.25) is 5.02 Å². The number of aliphatic hydroxyl groups excluding tert-OH is 1. The second kappa shape index (κ2) is 9.40. The van der Waals surface area contributed by atoms with Gasteiger partial charge in [0.1, 0.15) is 5.76 Å². The highest BCUT2D eigenvalue weighted by molar-refractivity contribution is 6.51. The average Bonchev–Trinajstić information content (AvgIpc) is 3.10. The van der Waals surface area contributed by atoms with Crippen LogP contribution in [-0.2, 0) is 14.4 Å². The quantitative estimate of drug-likeness (QED) is 0.173. The van der Waals surface area contributed by atoms with Gasteiger partial charge in [-0.3, -0.25) is 29.4 Å². The molecule has 1 aliphatic heterocycles. The van der Waals surface area contributed by atoms with Gasteiger partial charge in [0.15, 0.2) is 0 Å². The lowest BCUT2D eigenvalue weighted by molar-refractivity contribution is -0.384. The zero-order valence-corrected chi connectivity index (χ0v) is 19.0. The number of ketones is 1. The predicted molar refractivity (Wildman–Crippen MR) is 130 cm³/mol. The van der Waals surface area contributed by atoms with Crippen molar-refractivity contribution in [1.82, 2.24) is 0 Å². The van der Waals surface area contributed by atoms with Crippen molar-refractivity contribution < 1.29 is 24.4 Å². The summed E-state index contributed by atoms with van der Waals surface area (Å²) >= 11 is 5.93. The maximum absolute atomic E-state index is 13.2. The van der Waals surface area contributed by atoms with E-state index in [9.17, 15) is 29.6 Å². The van der Waals surface area contributed by atoms with Crippen LogP contribution >= 0.6 is 11.6 Å². The lowest BCUT2D eigenvalue weighted by Crippen LogP contribution is -2.29. The fraction of sp³-hybridized carbons (Fsp3) is 0.0800. The van der Waals surface area contributed by atoms with E-state index in [1.807, 2.05) is 0 Å². The largest absolute Gasteiger partial charge is 0.507 e. The number of carbonyl (C=O) groups is 3. The number of amides is 2. The fourth-order valence-electron chi connectivity index (χ4n) is 3.86. The van der Waals surface area contributed by atoms with Crippen molar-refractivity contribution in [1.29, 1.82) is 0 Å². The molecule has 1 atom stereocenters. The molecule has 1 unspecified atom stereocenters. The first-order chi connectivity index (χ1) is 16.7. The number of hydrogen-bond acceptors (Lipinski definition) is 6. The van der Waals surface area contributed by atoms with E-state index in [2.05, 4.69) is 5.32 Å². The summed E-state index contributed by atoms with van der Waals surface area (Å²) in [6.45, 7) is 1.36. The van der Waals surface area contributed by atoms with Gasteiger partial charge in [0.25, 0.3) is 17.4 Å². The summed E-state index contributed by atoms with van der Waals surface area (Å²) in [7, 11) is 0. The Balaban J connectivity index is 1.87. The van der Waals surface area contributed by atoms with Crippen LogP contribution in [0.5, 0.6) is 0 Å². The number of non-ortho nitro benzene ring substituents is 1. The molecular formula is C25H18ClN3O6. The number of Topliss-reactive ketones (excluding diaryl/α,β-unsaturated/α-hetero) is 1. The molecule has 2 N–H and O–H groups in total. The van der Waals surface area contributed by atoms with Crippen molar-refractivity contribution in [3.63, 3.8) is 0 Å². The number of aliphatic hydroxyl groups is 1. The van der Waals surface area contributed by atoms with E-state index in [1.165, 1.54) is 60.4 Å². The Hall–Kier alpha value is -4.50. The second-order valence-electron chi connectivity index (χ2n) is 7.75. The Morgan fingerprint density at radius 3 is 2.14 bits per heavy atom. The summed E-state index contributed by atoms with van der Waals surface area (Å²) in [5.41, 5.74) is 1.15. The molecule has 1 saturated heterocycles. The van der Waals surface area contributed by atoms with Gasteiger partial charge in [-0.05, 0) is 66.2 Å². The molecule has 3 aromatic carbocycles. The number of nitro benzene ring substituents is 1. The topological polar surface area (TPSA) is 130 Å². The predicted octanol–water partition coefficient (Wildman–Crippen LogP) is 4.83.